The quantitative estimate of drug-likeness (QED) is 0.471. The Morgan fingerprint density at radius 2 is 2.54 bits per heavy atom. The highest BCUT2D eigenvalue weighted by Gasteiger charge is 2.13. The SMILES string of the molecule is CCOCC(NN)c1cnnn1C. The van der Waals surface area contributed by atoms with Crippen molar-refractivity contribution >= 4 is 0 Å². The van der Waals surface area contributed by atoms with Crippen LogP contribution in [0.1, 0.15) is 18.7 Å². The van der Waals surface area contributed by atoms with E-state index in [-0.39, 0.29) is 6.04 Å². The Kier molecular flexibility index (Phi) is 3.81. The van der Waals surface area contributed by atoms with Crippen LogP contribution < -0.4 is 11.3 Å². The predicted octanol–water partition coefficient (Wildman–Crippen LogP) is -0.644. The summed E-state index contributed by atoms with van der Waals surface area (Å²) in [4.78, 5) is 0. The van der Waals surface area contributed by atoms with E-state index in [4.69, 9.17) is 10.6 Å². The second-order valence-electron chi connectivity index (χ2n) is 2.66. The molecule has 1 atom stereocenters. The summed E-state index contributed by atoms with van der Waals surface area (Å²) >= 11 is 0. The van der Waals surface area contributed by atoms with Crippen molar-refractivity contribution in [2.45, 2.75) is 13.0 Å². The van der Waals surface area contributed by atoms with E-state index in [0.717, 1.165) is 5.69 Å². The Morgan fingerprint density at radius 3 is 3.00 bits per heavy atom. The lowest BCUT2D eigenvalue weighted by Crippen LogP contribution is -2.32. The number of hydrogen-bond acceptors (Lipinski definition) is 5. The number of ether oxygens (including phenoxy) is 1. The maximum absolute atomic E-state index is 5.37. The molecule has 0 aromatic carbocycles. The fraction of sp³-hybridized carbons (Fsp3) is 0.714. The fourth-order valence-electron chi connectivity index (χ4n) is 1.07. The van der Waals surface area contributed by atoms with Crippen molar-refractivity contribution in [3.05, 3.63) is 11.9 Å². The zero-order valence-electron chi connectivity index (χ0n) is 7.90. The van der Waals surface area contributed by atoms with Gasteiger partial charge in [-0.15, -0.1) is 5.10 Å². The van der Waals surface area contributed by atoms with E-state index in [1.54, 1.807) is 10.9 Å². The van der Waals surface area contributed by atoms with Crippen LogP contribution in [-0.2, 0) is 11.8 Å². The van der Waals surface area contributed by atoms with Crippen molar-refractivity contribution in [2.24, 2.45) is 12.9 Å². The molecule has 1 heterocycles. The van der Waals surface area contributed by atoms with E-state index in [2.05, 4.69) is 15.7 Å². The molecular weight excluding hydrogens is 170 g/mol. The first kappa shape index (κ1) is 10.1. The van der Waals surface area contributed by atoms with Gasteiger partial charge in [-0.05, 0) is 6.92 Å². The first-order chi connectivity index (χ1) is 6.29. The number of nitrogens with zero attached hydrogens (tertiary/aromatic N) is 3. The van der Waals surface area contributed by atoms with Crippen LogP contribution in [0.15, 0.2) is 6.20 Å². The highest BCUT2D eigenvalue weighted by Crippen LogP contribution is 2.08. The molecule has 1 aromatic rings. The minimum atomic E-state index is -0.0556. The Hall–Kier alpha value is -0.980. The van der Waals surface area contributed by atoms with E-state index in [1.807, 2.05) is 14.0 Å². The lowest BCUT2D eigenvalue weighted by molar-refractivity contribution is 0.121. The van der Waals surface area contributed by atoms with Gasteiger partial charge in [-0.2, -0.15) is 0 Å². The third-order valence-corrected chi connectivity index (χ3v) is 1.80. The molecule has 3 N–H and O–H groups in total. The predicted molar refractivity (Wildman–Crippen MR) is 47.6 cm³/mol. The van der Waals surface area contributed by atoms with Gasteiger partial charge >= 0.3 is 0 Å². The highest BCUT2D eigenvalue weighted by atomic mass is 16.5. The minimum absolute atomic E-state index is 0.0556. The van der Waals surface area contributed by atoms with Gasteiger partial charge in [0, 0.05) is 13.7 Å². The van der Waals surface area contributed by atoms with E-state index < -0.39 is 0 Å². The van der Waals surface area contributed by atoms with Crippen LogP contribution in [0.3, 0.4) is 0 Å². The van der Waals surface area contributed by atoms with Crippen molar-refractivity contribution in [2.75, 3.05) is 13.2 Å². The third-order valence-electron chi connectivity index (χ3n) is 1.80. The largest absolute Gasteiger partial charge is 0.380 e. The molecule has 0 amide bonds. The second kappa shape index (κ2) is 4.90. The van der Waals surface area contributed by atoms with Gasteiger partial charge in [0.05, 0.1) is 24.5 Å². The van der Waals surface area contributed by atoms with Gasteiger partial charge in [-0.3, -0.25) is 10.5 Å². The maximum Gasteiger partial charge on any atom is 0.0878 e. The number of aromatic nitrogens is 3. The van der Waals surface area contributed by atoms with Crippen molar-refractivity contribution in [3.63, 3.8) is 0 Å². The van der Waals surface area contributed by atoms with Crippen LogP contribution in [0.2, 0.25) is 0 Å². The van der Waals surface area contributed by atoms with E-state index >= 15 is 0 Å². The van der Waals surface area contributed by atoms with Gasteiger partial charge in [0.1, 0.15) is 0 Å². The molecule has 0 radical (unpaired) electrons. The van der Waals surface area contributed by atoms with Gasteiger partial charge in [-0.1, -0.05) is 5.21 Å². The van der Waals surface area contributed by atoms with Crippen molar-refractivity contribution in [1.29, 1.82) is 0 Å². The topological polar surface area (TPSA) is 78.0 Å². The fourth-order valence-corrected chi connectivity index (χ4v) is 1.07. The number of nitrogens with one attached hydrogen (secondary N) is 1. The molecule has 0 aliphatic heterocycles. The van der Waals surface area contributed by atoms with Crippen LogP contribution in [-0.4, -0.2) is 28.2 Å². The average Bonchev–Trinajstić information content (AvgIpc) is 2.54. The summed E-state index contributed by atoms with van der Waals surface area (Å²) in [6.45, 7) is 3.13. The second-order valence-corrected chi connectivity index (χ2v) is 2.66. The van der Waals surface area contributed by atoms with Gasteiger partial charge < -0.3 is 4.74 Å². The summed E-state index contributed by atoms with van der Waals surface area (Å²) in [7, 11) is 1.82. The van der Waals surface area contributed by atoms with E-state index in [9.17, 15) is 0 Å². The monoisotopic (exact) mass is 185 g/mol. The first-order valence-electron chi connectivity index (χ1n) is 4.18. The van der Waals surface area contributed by atoms with Crippen LogP contribution in [0.4, 0.5) is 0 Å². The van der Waals surface area contributed by atoms with Crippen molar-refractivity contribution in [1.82, 2.24) is 20.4 Å². The van der Waals surface area contributed by atoms with Gasteiger partial charge in [0.15, 0.2) is 0 Å². The Balaban J connectivity index is 2.61. The summed E-state index contributed by atoms with van der Waals surface area (Å²) in [6.07, 6.45) is 1.67. The summed E-state index contributed by atoms with van der Waals surface area (Å²) in [5, 5.41) is 7.57. The molecule has 0 bridgehead atoms. The van der Waals surface area contributed by atoms with Crippen LogP contribution in [0, 0.1) is 0 Å². The summed E-state index contributed by atoms with van der Waals surface area (Å²) in [5.41, 5.74) is 3.57. The molecule has 6 nitrogen and oxygen atoms in total. The first-order valence-corrected chi connectivity index (χ1v) is 4.18. The van der Waals surface area contributed by atoms with Gasteiger partial charge in [0.2, 0.25) is 0 Å². The Bertz CT molecular complexity index is 249. The van der Waals surface area contributed by atoms with Crippen molar-refractivity contribution < 1.29 is 4.74 Å². The maximum atomic E-state index is 5.37. The minimum Gasteiger partial charge on any atom is -0.380 e. The van der Waals surface area contributed by atoms with Crippen LogP contribution in [0.25, 0.3) is 0 Å². The van der Waals surface area contributed by atoms with Crippen LogP contribution in [0.5, 0.6) is 0 Å². The van der Waals surface area contributed by atoms with Gasteiger partial charge in [0.25, 0.3) is 0 Å². The molecular formula is C7H15N5O. The normalized spacial score (nSPS) is 13.2. The molecule has 74 valence electrons. The average molecular weight is 185 g/mol. The Morgan fingerprint density at radius 1 is 1.77 bits per heavy atom. The standard InChI is InChI=1S/C7H15N5O/c1-3-13-5-6(10-8)7-4-9-11-12(7)2/h4,6,10H,3,5,8H2,1-2H3. The molecule has 13 heavy (non-hydrogen) atoms. The molecule has 1 unspecified atom stereocenters. The molecule has 1 aromatic heterocycles. The Labute approximate surface area is 77.0 Å². The summed E-state index contributed by atoms with van der Waals surface area (Å²) in [6, 6.07) is -0.0556. The number of hydrogen-bond donors (Lipinski definition) is 2. The highest BCUT2D eigenvalue weighted by molar-refractivity contribution is 5.00. The number of nitrogens with two attached hydrogens (primary N) is 1. The molecule has 1 rings (SSSR count). The number of hydrazine groups is 1. The molecule has 0 saturated heterocycles. The van der Waals surface area contributed by atoms with Crippen LogP contribution >= 0.6 is 0 Å². The molecule has 0 fully saturated rings. The smallest absolute Gasteiger partial charge is 0.0878 e. The van der Waals surface area contributed by atoms with Gasteiger partial charge in [-0.25, -0.2) is 5.43 Å². The molecule has 0 spiro atoms. The summed E-state index contributed by atoms with van der Waals surface area (Å²) < 4.78 is 6.92. The number of rotatable bonds is 5. The van der Waals surface area contributed by atoms with E-state index in [0.29, 0.717) is 13.2 Å². The lowest BCUT2D eigenvalue weighted by atomic mass is 10.2. The molecule has 0 saturated carbocycles. The summed E-state index contributed by atoms with van der Waals surface area (Å²) in [5.74, 6) is 5.37. The zero-order chi connectivity index (χ0) is 9.68. The molecule has 0 aliphatic carbocycles. The van der Waals surface area contributed by atoms with Crippen molar-refractivity contribution in [3.8, 4) is 0 Å². The number of aryl methyl sites for hydroxylation is 1. The van der Waals surface area contributed by atoms with E-state index in [1.165, 1.54) is 0 Å². The third kappa shape index (κ3) is 2.48. The molecule has 6 heteroatoms. The lowest BCUT2D eigenvalue weighted by Gasteiger charge is -2.14. The zero-order valence-corrected chi connectivity index (χ0v) is 7.90. The molecule has 0 aliphatic rings.